The monoisotopic (exact) mass is 460 g/mol. The lowest BCUT2D eigenvalue weighted by Crippen LogP contribution is -2.49. The summed E-state index contributed by atoms with van der Waals surface area (Å²) >= 11 is 0. The molecule has 172 valence electrons. The van der Waals surface area contributed by atoms with E-state index >= 15 is 0 Å². The number of hydrogen-bond acceptors (Lipinski definition) is 6. The van der Waals surface area contributed by atoms with Gasteiger partial charge < -0.3 is 15.4 Å². The molecule has 1 aliphatic rings. The molecular formula is C22H28N4O5S. The Morgan fingerprint density at radius 1 is 1.16 bits per heavy atom. The molecule has 0 radical (unpaired) electrons. The van der Waals surface area contributed by atoms with Crippen LogP contribution in [-0.4, -0.2) is 61.9 Å². The van der Waals surface area contributed by atoms with Crippen LogP contribution in [0.2, 0.25) is 0 Å². The van der Waals surface area contributed by atoms with Crippen molar-refractivity contribution in [1.82, 2.24) is 19.9 Å². The number of hydrogen-bond donors (Lipinski definition) is 2. The number of nitrogens with one attached hydrogen (secondary N) is 2. The highest BCUT2D eigenvalue weighted by atomic mass is 32.2. The Morgan fingerprint density at radius 3 is 2.56 bits per heavy atom. The molecule has 0 unspecified atom stereocenters. The topological polar surface area (TPSA) is 118 Å². The SMILES string of the molecule is CC(C)[C@H](NC(=O)c1cccc(S(=O)(=O)N2CCOCC2)c1)C(=O)NCc1cccnc1. The van der Waals surface area contributed by atoms with E-state index in [1.165, 1.54) is 28.6 Å². The van der Waals surface area contributed by atoms with Gasteiger partial charge in [0.1, 0.15) is 6.04 Å². The minimum absolute atomic E-state index is 0.0363. The van der Waals surface area contributed by atoms with Crippen molar-refractivity contribution in [2.45, 2.75) is 31.3 Å². The third kappa shape index (κ3) is 5.90. The summed E-state index contributed by atoms with van der Waals surface area (Å²) < 4.78 is 32.3. The molecule has 2 aromatic rings. The summed E-state index contributed by atoms with van der Waals surface area (Å²) in [5, 5.41) is 5.54. The number of amides is 2. The smallest absolute Gasteiger partial charge is 0.251 e. The quantitative estimate of drug-likeness (QED) is 0.611. The van der Waals surface area contributed by atoms with Crippen molar-refractivity contribution in [3.05, 3.63) is 59.9 Å². The van der Waals surface area contributed by atoms with Gasteiger partial charge in [-0.3, -0.25) is 14.6 Å². The minimum atomic E-state index is -3.73. The first-order valence-corrected chi connectivity index (χ1v) is 11.9. The van der Waals surface area contributed by atoms with Crippen LogP contribution in [0.25, 0.3) is 0 Å². The number of ether oxygens (including phenoxy) is 1. The first-order valence-electron chi connectivity index (χ1n) is 10.4. The molecule has 0 aliphatic carbocycles. The van der Waals surface area contributed by atoms with E-state index in [1.54, 1.807) is 18.5 Å². The zero-order chi connectivity index (χ0) is 23.1. The van der Waals surface area contributed by atoms with Crippen LogP contribution in [0.5, 0.6) is 0 Å². The van der Waals surface area contributed by atoms with E-state index in [-0.39, 0.29) is 35.4 Å². The molecular weight excluding hydrogens is 432 g/mol. The number of carbonyl (C=O) groups is 2. The lowest BCUT2D eigenvalue weighted by molar-refractivity contribution is -0.124. The molecule has 32 heavy (non-hydrogen) atoms. The molecule has 0 bridgehead atoms. The van der Waals surface area contributed by atoms with E-state index in [1.807, 2.05) is 19.9 Å². The van der Waals surface area contributed by atoms with Crippen LogP contribution in [0.1, 0.15) is 29.8 Å². The first kappa shape index (κ1) is 23.8. The summed E-state index contributed by atoms with van der Waals surface area (Å²) in [5.41, 5.74) is 1.01. The van der Waals surface area contributed by atoms with Gasteiger partial charge >= 0.3 is 0 Å². The fourth-order valence-electron chi connectivity index (χ4n) is 3.30. The molecule has 1 aromatic carbocycles. The van der Waals surface area contributed by atoms with Crippen LogP contribution in [0.3, 0.4) is 0 Å². The number of pyridine rings is 1. The van der Waals surface area contributed by atoms with Crippen molar-refractivity contribution in [3.63, 3.8) is 0 Å². The van der Waals surface area contributed by atoms with E-state index in [0.29, 0.717) is 19.8 Å². The van der Waals surface area contributed by atoms with Gasteiger partial charge in [-0.05, 0) is 35.7 Å². The van der Waals surface area contributed by atoms with Crippen molar-refractivity contribution >= 4 is 21.8 Å². The maximum Gasteiger partial charge on any atom is 0.251 e. The Labute approximate surface area is 188 Å². The van der Waals surface area contributed by atoms with Gasteiger partial charge in [0.25, 0.3) is 5.91 Å². The van der Waals surface area contributed by atoms with E-state index < -0.39 is 22.0 Å². The van der Waals surface area contributed by atoms with Gasteiger partial charge in [-0.15, -0.1) is 0 Å². The Balaban J connectivity index is 1.70. The Morgan fingerprint density at radius 2 is 1.91 bits per heavy atom. The molecule has 1 saturated heterocycles. The summed E-state index contributed by atoms with van der Waals surface area (Å²) in [4.78, 5) is 29.6. The fourth-order valence-corrected chi connectivity index (χ4v) is 4.75. The molecule has 10 heteroatoms. The normalized spacial score (nSPS) is 15.8. The standard InChI is InChI=1S/C22H28N4O5S/c1-16(2)20(22(28)24-15-17-5-4-8-23-14-17)25-21(27)18-6-3-7-19(13-18)32(29,30)26-9-11-31-12-10-26/h3-8,13-14,16,20H,9-12,15H2,1-2H3,(H,24,28)(H,25,27)/t20-/m0/s1. The van der Waals surface area contributed by atoms with Crippen molar-refractivity contribution in [1.29, 1.82) is 0 Å². The summed E-state index contributed by atoms with van der Waals surface area (Å²) in [6.45, 7) is 5.16. The Kier molecular flexibility index (Phi) is 7.94. The summed E-state index contributed by atoms with van der Waals surface area (Å²) in [5.74, 6) is -1.01. The third-order valence-corrected chi connectivity index (χ3v) is 7.02. The van der Waals surface area contributed by atoms with E-state index in [2.05, 4.69) is 15.6 Å². The molecule has 9 nitrogen and oxygen atoms in total. The van der Waals surface area contributed by atoms with Crippen LogP contribution >= 0.6 is 0 Å². The molecule has 1 fully saturated rings. The van der Waals surface area contributed by atoms with Crippen molar-refractivity contribution in [2.24, 2.45) is 5.92 Å². The van der Waals surface area contributed by atoms with Gasteiger partial charge in [0.2, 0.25) is 15.9 Å². The number of rotatable bonds is 8. The second-order valence-corrected chi connectivity index (χ2v) is 9.76. The summed E-state index contributed by atoms with van der Waals surface area (Å²) in [6.07, 6.45) is 3.31. The molecule has 3 rings (SSSR count). The van der Waals surface area contributed by atoms with Gasteiger partial charge in [0, 0.05) is 37.6 Å². The van der Waals surface area contributed by atoms with E-state index in [0.717, 1.165) is 5.56 Å². The average molecular weight is 461 g/mol. The molecule has 0 saturated carbocycles. The molecule has 1 aliphatic heterocycles. The minimum Gasteiger partial charge on any atom is -0.379 e. The first-order chi connectivity index (χ1) is 15.3. The molecule has 2 N–H and O–H groups in total. The Bertz CT molecular complexity index is 1040. The number of benzene rings is 1. The van der Waals surface area contributed by atoms with Gasteiger partial charge in [-0.2, -0.15) is 4.31 Å². The second-order valence-electron chi connectivity index (χ2n) is 7.82. The molecule has 0 spiro atoms. The van der Waals surface area contributed by atoms with Crippen LogP contribution < -0.4 is 10.6 Å². The van der Waals surface area contributed by atoms with Crippen molar-refractivity contribution < 1.29 is 22.7 Å². The van der Waals surface area contributed by atoms with E-state index in [4.69, 9.17) is 4.74 Å². The van der Waals surface area contributed by atoms with Crippen molar-refractivity contribution in [2.75, 3.05) is 26.3 Å². The number of aromatic nitrogens is 1. The zero-order valence-electron chi connectivity index (χ0n) is 18.2. The molecule has 1 atom stereocenters. The Hall–Kier alpha value is -2.82. The zero-order valence-corrected chi connectivity index (χ0v) is 19.0. The van der Waals surface area contributed by atoms with Gasteiger partial charge in [-0.1, -0.05) is 26.0 Å². The maximum atomic E-state index is 12.9. The summed E-state index contributed by atoms with van der Waals surface area (Å²) in [6, 6.07) is 8.69. The highest BCUT2D eigenvalue weighted by Crippen LogP contribution is 2.18. The predicted octanol–water partition coefficient (Wildman–Crippen LogP) is 1.17. The third-order valence-electron chi connectivity index (χ3n) is 5.13. The van der Waals surface area contributed by atoms with E-state index in [9.17, 15) is 18.0 Å². The number of sulfonamides is 1. The second kappa shape index (κ2) is 10.7. The largest absolute Gasteiger partial charge is 0.379 e. The lowest BCUT2D eigenvalue weighted by Gasteiger charge is -2.26. The highest BCUT2D eigenvalue weighted by molar-refractivity contribution is 7.89. The van der Waals surface area contributed by atoms with Crippen LogP contribution in [0, 0.1) is 5.92 Å². The van der Waals surface area contributed by atoms with Crippen LogP contribution in [-0.2, 0) is 26.1 Å². The fraction of sp³-hybridized carbons (Fsp3) is 0.409. The number of morpholine rings is 1. The van der Waals surface area contributed by atoms with Gasteiger partial charge in [-0.25, -0.2) is 8.42 Å². The molecule has 2 amide bonds. The van der Waals surface area contributed by atoms with Crippen molar-refractivity contribution in [3.8, 4) is 0 Å². The van der Waals surface area contributed by atoms with Gasteiger partial charge in [0.05, 0.1) is 18.1 Å². The van der Waals surface area contributed by atoms with Crippen LogP contribution in [0.4, 0.5) is 0 Å². The molecule has 1 aromatic heterocycles. The lowest BCUT2D eigenvalue weighted by atomic mass is 10.0. The summed E-state index contributed by atoms with van der Waals surface area (Å²) in [7, 11) is -3.73. The highest BCUT2D eigenvalue weighted by Gasteiger charge is 2.28. The van der Waals surface area contributed by atoms with Crippen LogP contribution in [0.15, 0.2) is 53.7 Å². The maximum absolute atomic E-state index is 12.9. The number of carbonyl (C=O) groups excluding carboxylic acids is 2. The number of nitrogens with zero attached hydrogens (tertiary/aromatic N) is 2. The predicted molar refractivity (Wildman–Crippen MR) is 118 cm³/mol. The van der Waals surface area contributed by atoms with Gasteiger partial charge in [0.15, 0.2) is 0 Å². The molecule has 2 heterocycles. The average Bonchev–Trinajstić information content (AvgIpc) is 2.82.